The molecule has 14 heavy (non-hydrogen) atoms. The summed E-state index contributed by atoms with van der Waals surface area (Å²) in [4.78, 5) is 11.8. The molecule has 4 atom stereocenters. The van der Waals surface area contributed by atoms with Crippen LogP contribution in [0.15, 0.2) is 0 Å². The third-order valence-electron chi connectivity index (χ3n) is 4.09. The first kappa shape index (κ1) is 10.2. The van der Waals surface area contributed by atoms with E-state index in [0.29, 0.717) is 18.1 Å². The molecular weight excluding hydrogens is 176 g/mol. The average molecular weight is 196 g/mol. The third-order valence-corrected chi connectivity index (χ3v) is 4.09. The Kier molecular flexibility index (Phi) is 2.22. The summed E-state index contributed by atoms with van der Waals surface area (Å²) in [5, 5.41) is 10.1. The average Bonchev–Trinajstić information content (AvgIpc) is 2.21. The lowest BCUT2D eigenvalue weighted by atomic mass is 9.67. The molecule has 2 fully saturated rings. The molecule has 0 spiro atoms. The number of rotatable bonds is 0. The zero-order valence-electron chi connectivity index (χ0n) is 9.29. The molecular formula is C12H20O2. The van der Waals surface area contributed by atoms with Crippen molar-refractivity contribution in [3.8, 4) is 0 Å². The molecule has 0 unspecified atom stereocenters. The van der Waals surface area contributed by atoms with Crippen LogP contribution in [0.1, 0.15) is 40.0 Å². The largest absolute Gasteiger partial charge is 0.393 e. The second-order valence-corrected chi connectivity index (χ2v) is 5.91. The maximum atomic E-state index is 11.8. The molecule has 2 heteroatoms. The minimum Gasteiger partial charge on any atom is -0.393 e. The maximum Gasteiger partial charge on any atom is 0.136 e. The fraction of sp³-hybridized carbons (Fsp3) is 0.917. The van der Waals surface area contributed by atoms with Crippen molar-refractivity contribution < 1.29 is 9.90 Å². The number of ketones is 1. The number of aliphatic hydroxyl groups is 1. The van der Waals surface area contributed by atoms with Crippen molar-refractivity contribution in [3.63, 3.8) is 0 Å². The number of hydrogen-bond acceptors (Lipinski definition) is 2. The predicted molar refractivity (Wildman–Crippen MR) is 54.8 cm³/mol. The Hall–Kier alpha value is -0.370. The number of hydrogen-bond donors (Lipinski definition) is 1. The Morgan fingerprint density at radius 3 is 2.64 bits per heavy atom. The Morgan fingerprint density at radius 2 is 2.00 bits per heavy atom. The lowest BCUT2D eigenvalue weighted by Crippen LogP contribution is -2.40. The molecule has 0 bridgehead atoms. The smallest absolute Gasteiger partial charge is 0.136 e. The summed E-state index contributed by atoms with van der Waals surface area (Å²) in [7, 11) is 0. The molecule has 0 aromatic rings. The molecule has 0 aliphatic heterocycles. The lowest BCUT2D eigenvalue weighted by molar-refractivity contribution is -0.124. The molecule has 1 N–H and O–H groups in total. The Balaban J connectivity index is 2.27. The number of aliphatic hydroxyl groups excluding tert-OH is 1. The van der Waals surface area contributed by atoms with Gasteiger partial charge in [0, 0.05) is 18.3 Å². The van der Waals surface area contributed by atoms with Crippen LogP contribution in [-0.2, 0) is 4.79 Å². The molecule has 0 aromatic heterocycles. The number of carbonyl (C=O) groups excluding carboxylic acids is 1. The van der Waals surface area contributed by atoms with Gasteiger partial charge in [0.25, 0.3) is 0 Å². The quantitative estimate of drug-likeness (QED) is 0.643. The van der Waals surface area contributed by atoms with Gasteiger partial charge in [-0.05, 0) is 24.2 Å². The van der Waals surface area contributed by atoms with Crippen LogP contribution >= 0.6 is 0 Å². The van der Waals surface area contributed by atoms with Crippen molar-refractivity contribution in [1.29, 1.82) is 0 Å². The van der Waals surface area contributed by atoms with Gasteiger partial charge in [-0.3, -0.25) is 4.79 Å². The molecule has 0 saturated heterocycles. The van der Waals surface area contributed by atoms with Gasteiger partial charge in [-0.1, -0.05) is 20.8 Å². The van der Waals surface area contributed by atoms with Crippen LogP contribution in [0.5, 0.6) is 0 Å². The summed E-state index contributed by atoms with van der Waals surface area (Å²) >= 11 is 0. The molecule has 0 aromatic carbocycles. The van der Waals surface area contributed by atoms with Gasteiger partial charge in [0.2, 0.25) is 0 Å². The zero-order chi connectivity index (χ0) is 10.5. The lowest BCUT2D eigenvalue weighted by Gasteiger charge is -2.39. The highest BCUT2D eigenvalue weighted by atomic mass is 16.3. The predicted octanol–water partition coefficient (Wildman–Crippen LogP) is 2.01. The molecule has 2 aliphatic rings. The zero-order valence-corrected chi connectivity index (χ0v) is 9.29. The number of fused-ring (bicyclic) bond motifs is 1. The highest BCUT2D eigenvalue weighted by molar-refractivity contribution is 5.84. The molecule has 80 valence electrons. The van der Waals surface area contributed by atoms with E-state index in [4.69, 9.17) is 0 Å². The van der Waals surface area contributed by atoms with Crippen LogP contribution in [0.3, 0.4) is 0 Å². The van der Waals surface area contributed by atoms with E-state index in [1.54, 1.807) is 0 Å². The minimum absolute atomic E-state index is 0.0152. The first-order chi connectivity index (χ1) is 6.42. The van der Waals surface area contributed by atoms with Crippen LogP contribution in [0, 0.1) is 23.2 Å². The van der Waals surface area contributed by atoms with Crippen LogP contribution < -0.4 is 0 Å². The van der Waals surface area contributed by atoms with E-state index in [1.807, 2.05) is 0 Å². The standard InChI is InChI=1S/C12H20O2/c1-7-4-8-10(14)6-12(2,3)11(8)9(13)5-7/h7-9,11,13H,4-6H2,1-3H3/t7-,8+,9-,11-/m0/s1. The molecule has 2 nitrogen and oxygen atoms in total. The van der Waals surface area contributed by atoms with Crippen LogP contribution in [0.2, 0.25) is 0 Å². The van der Waals surface area contributed by atoms with Crippen LogP contribution in [0.25, 0.3) is 0 Å². The van der Waals surface area contributed by atoms with Crippen molar-refractivity contribution in [2.45, 2.75) is 46.1 Å². The van der Waals surface area contributed by atoms with E-state index in [0.717, 1.165) is 12.8 Å². The molecule has 0 radical (unpaired) electrons. The Morgan fingerprint density at radius 1 is 1.36 bits per heavy atom. The number of carbonyl (C=O) groups is 1. The van der Waals surface area contributed by atoms with E-state index in [-0.39, 0.29) is 23.4 Å². The summed E-state index contributed by atoms with van der Waals surface area (Å²) in [5.41, 5.74) is 0.0152. The Bertz CT molecular complexity index is 257. The van der Waals surface area contributed by atoms with Gasteiger partial charge in [0.15, 0.2) is 0 Å². The fourth-order valence-electron chi connectivity index (χ4n) is 3.60. The summed E-state index contributed by atoms with van der Waals surface area (Å²) < 4.78 is 0. The monoisotopic (exact) mass is 196 g/mol. The fourth-order valence-corrected chi connectivity index (χ4v) is 3.60. The number of Topliss-reactive ketones (excluding diaryl/α,β-unsaturated/α-hetero) is 1. The van der Waals surface area contributed by atoms with Gasteiger partial charge in [0.1, 0.15) is 5.78 Å². The van der Waals surface area contributed by atoms with Gasteiger partial charge < -0.3 is 5.11 Å². The van der Waals surface area contributed by atoms with Gasteiger partial charge in [-0.2, -0.15) is 0 Å². The van der Waals surface area contributed by atoms with Gasteiger partial charge in [-0.25, -0.2) is 0 Å². The minimum atomic E-state index is -0.259. The van der Waals surface area contributed by atoms with Crippen LogP contribution in [0.4, 0.5) is 0 Å². The summed E-state index contributed by atoms with van der Waals surface area (Å²) in [5.74, 6) is 1.24. The van der Waals surface area contributed by atoms with E-state index >= 15 is 0 Å². The topological polar surface area (TPSA) is 37.3 Å². The van der Waals surface area contributed by atoms with Crippen molar-refractivity contribution in [2.75, 3.05) is 0 Å². The van der Waals surface area contributed by atoms with Crippen molar-refractivity contribution in [1.82, 2.24) is 0 Å². The summed E-state index contributed by atoms with van der Waals surface area (Å²) in [6.45, 7) is 6.38. The molecule has 0 amide bonds. The van der Waals surface area contributed by atoms with Crippen molar-refractivity contribution in [2.24, 2.45) is 23.2 Å². The summed E-state index contributed by atoms with van der Waals surface area (Å²) in [6, 6.07) is 0. The highest BCUT2D eigenvalue weighted by Gasteiger charge is 2.52. The SMILES string of the molecule is C[C@H]1C[C@@H]2C(=O)CC(C)(C)[C@@H]2[C@@H](O)C1. The van der Waals surface area contributed by atoms with Crippen molar-refractivity contribution in [3.05, 3.63) is 0 Å². The highest BCUT2D eigenvalue weighted by Crippen LogP contribution is 2.52. The van der Waals surface area contributed by atoms with E-state index in [1.165, 1.54) is 0 Å². The van der Waals surface area contributed by atoms with E-state index < -0.39 is 0 Å². The van der Waals surface area contributed by atoms with E-state index in [9.17, 15) is 9.90 Å². The molecule has 2 saturated carbocycles. The summed E-state index contributed by atoms with van der Waals surface area (Å²) in [6.07, 6.45) is 2.26. The van der Waals surface area contributed by atoms with E-state index in [2.05, 4.69) is 20.8 Å². The van der Waals surface area contributed by atoms with Crippen molar-refractivity contribution >= 4 is 5.78 Å². The molecule has 2 aliphatic carbocycles. The van der Waals surface area contributed by atoms with Crippen LogP contribution in [-0.4, -0.2) is 17.0 Å². The maximum absolute atomic E-state index is 11.8. The third kappa shape index (κ3) is 1.40. The molecule has 2 rings (SSSR count). The van der Waals surface area contributed by atoms with Gasteiger partial charge >= 0.3 is 0 Å². The van der Waals surface area contributed by atoms with Gasteiger partial charge in [0.05, 0.1) is 6.10 Å². The molecule has 0 heterocycles. The Labute approximate surface area is 85.7 Å². The second-order valence-electron chi connectivity index (χ2n) is 5.91. The van der Waals surface area contributed by atoms with Gasteiger partial charge in [-0.15, -0.1) is 0 Å². The first-order valence-electron chi connectivity index (χ1n) is 5.62. The normalized spacial score (nSPS) is 46.4. The second kappa shape index (κ2) is 3.06. The first-order valence-corrected chi connectivity index (χ1v) is 5.62.